The summed E-state index contributed by atoms with van der Waals surface area (Å²) >= 11 is 0. The van der Waals surface area contributed by atoms with Crippen LogP contribution in [0.4, 0.5) is 5.95 Å². The lowest BCUT2D eigenvalue weighted by Crippen LogP contribution is -2.50. The Bertz CT molecular complexity index is 832. The molecule has 0 saturated carbocycles. The minimum atomic E-state index is -0.0753. The normalized spacial score (nSPS) is 20.8. The van der Waals surface area contributed by atoms with E-state index in [2.05, 4.69) is 55.6 Å². The molecular weight excluding hydrogens is 352 g/mol. The van der Waals surface area contributed by atoms with Crippen molar-refractivity contribution in [2.75, 3.05) is 25.5 Å². The summed E-state index contributed by atoms with van der Waals surface area (Å²) in [7, 11) is 2.02. The second-order valence-electron chi connectivity index (χ2n) is 7.62. The zero-order valence-electron chi connectivity index (χ0n) is 16.8. The number of anilines is 1. The number of nitrogens with zero attached hydrogens (tertiary/aromatic N) is 5. The van der Waals surface area contributed by atoms with Gasteiger partial charge in [0.25, 0.3) is 6.35 Å². The number of aryl methyl sites for hydroxylation is 1. The lowest BCUT2D eigenvalue weighted by molar-refractivity contribution is -0.104. The maximum atomic E-state index is 5.55. The molecule has 1 unspecified atom stereocenters. The fourth-order valence-corrected chi connectivity index (χ4v) is 3.77. The number of amidine groups is 1. The van der Waals surface area contributed by atoms with Crippen LogP contribution in [-0.4, -0.2) is 58.1 Å². The van der Waals surface area contributed by atoms with E-state index in [-0.39, 0.29) is 6.35 Å². The summed E-state index contributed by atoms with van der Waals surface area (Å²) in [4.78, 5) is 19.3. The molecule has 148 valence electrons. The van der Waals surface area contributed by atoms with Gasteiger partial charge in [0.05, 0.1) is 5.69 Å². The highest BCUT2D eigenvalue weighted by Crippen LogP contribution is 2.21. The van der Waals surface area contributed by atoms with E-state index in [0.29, 0.717) is 6.04 Å². The topological polar surface area (TPSA) is 65.9 Å². The van der Waals surface area contributed by atoms with Crippen LogP contribution in [0.3, 0.4) is 0 Å². The van der Waals surface area contributed by atoms with Gasteiger partial charge in [-0.1, -0.05) is 35.5 Å². The number of piperidine rings is 1. The molecule has 1 atom stereocenters. The summed E-state index contributed by atoms with van der Waals surface area (Å²) < 4.78 is 0. The van der Waals surface area contributed by atoms with Gasteiger partial charge in [0.2, 0.25) is 5.95 Å². The van der Waals surface area contributed by atoms with Crippen molar-refractivity contribution in [3.05, 3.63) is 53.3 Å². The molecule has 3 heterocycles. The van der Waals surface area contributed by atoms with Crippen LogP contribution >= 0.6 is 0 Å². The zero-order valence-corrected chi connectivity index (χ0v) is 16.8. The van der Waals surface area contributed by atoms with Gasteiger partial charge in [0.1, 0.15) is 5.84 Å². The van der Waals surface area contributed by atoms with Crippen molar-refractivity contribution in [2.45, 2.75) is 45.5 Å². The minimum absolute atomic E-state index is 0.0753. The van der Waals surface area contributed by atoms with E-state index in [0.717, 1.165) is 55.5 Å². The molecular formula is C21H28N6O. The van der Waals surface area contributed by atoms with Crippen molar-refractivity contribution >= 4 is 11.8 Å². The molecule has 1 saturated heterocycles. The highest BCUT2D eigenvalue weighted by molar-refractivity contribution is 5.79. The highest BCUT2D eigenvalue weighted by Gasteiger charge is 2.33. The third kappa shape index (κ3) is 4.25. The highest BCUT2D eigenvalue weighted by atomic mass is 16.7. The lowest BCUT2D eigenvalue weighted by atomic mass is 10.1. The molecule has 7 nitrogen and oxygen atoms in total. The quantitative estimate of drug-likeness (QED) is 0.860. The fraction of sp³-hybridized carbons (Fsp3) is 0.476. The molecule has 1 fully saturated rings. The van der Waals surface area contributed by atoms with Crippen molar-refractivity contribution in [3.63, 3.8) is 0 Å². The first-order valence-electron chi connectivity index (χ1n) is 9.91. The number of aromatic nitrogens is 2. The average Bonchev–Trinajstić information content (AvgIpc) is 3.02. The van der Waals surface area contributed by atoms with Gasteiger partial charge in [0.15, 0.2) is 0 Å². The smallest absolute Gasteiger partial charge is 0.259 e. The summed E-state index contributed by atoms with van der Waals surface area (Å²) in [5.41, 5.74) is 3.31. The molecule has 4 rings (SSSR count). The first-order valence-corrected chi connectivity index (χ1v) is 9.91. The van der Waals surface area contributed by atoms with Gasteiger partial charge in [-0.05, 0) is 38.3 Å². The number of nitrogens with one attached hydrogen (secondary N) is 1. The fourth-order valence-electron chi connectivity index (χ4n) is 3.77. The summed E-state index contributed by atoms with van der Waals surface area (Å²) in [6.07, 6.45) is 2.80. The van der Waals surface area contributed by atoms with Gasteiger partial charge in [-0.3, -0.25) is 0 Å². The Morgan fingerprint density at radius 2 is 1.86 bits per heavy atom. The summed E-state index contributed by atoms with van der Waals surface area (Å²) in [5.74, 6) is 1.65. The van der Waals surface area contributed by atoms with Gasteiger partial charge < -0.3 is 15.1 Å². The molecule has 1 N–H and O–H groups in total. The second-order valence-corrected chi connectivity index (χ2v) is 7.62. The predicted octanol–water partition coefficient (Wildman–Crippen LogP) is 2.83. The lowest BCUT2D eigenvalue weighted by Gasteiger charge is -2.37. The first-order chi connectivity index (χ1) is 13.6. The molecule has 0 aliphatic carbocycles. The van der Waals surface area contributed by atoms with E-state index in [9.17, 15) is 0 Å². The molecule has 0 spiro atoms. The third-order valence-corrected chi connectivity index (χ3v) is 5.43. The van der Waals surface area contributed by atoms with Crippen LogP contribution in [0.15, 0.2) is 41.6 Å². The van der Waals surface area contributed by atoms with Crippen LogP contribution in [-0.2, 0) is 11.3 Å². The molecule has 0 bridgehead atoms. The van der Waals surface area contributed by atoms with Gasteiger partial charge >= 0.3 is 0 Å². The Hall–Kier alpha value is -2.67. The number of hydrogen-bond acceptors (Lipinski definition) is 7. The van der Waals surface area contributed by atoms with E-state index in [1.165, 1.54) is 5.56 Å². The van der Waals surface area contributed by atoms with Crippen molar-refractivity contribution in [3.8, 4) is 0 Å². The molecule has 2 aromatic rings. The Morgan fingerprint density at radius 1 is 1.11 bits per heavy atom. The largest absolute Gasteiger partial charge is 0.352 e. The molecule has 1 aromatic carbocycles. The van der Waals surface area contributed by atoms with Gasteiger partial charge in [-0.2, -0.15) is 0 Å². The Morgan fingerprint density at radius 3 is 2.54 bits per heavy atom. The van der Waals surface area contributed by atoms with Crippen LogP contribution in [0.1, 0.15) is 36.7 Å². The summed E-state index contributed by atoms with van der Waals surface area (Å²) in [5, 5.41) is 7.63. The van der Waals surface area contributed by atoms with E-state index in [1.807, 2.05) is 27.0 Å². The third-order valence-electron chi connectivity index (χ3n) is 5.43. The SMILES string of the molecule is CC1=NOC(N2CCC(Nc3nc(C)cc(Cc4ccccc4)n3)CC2)N1C. The van der Waals surface area contributed by atoms with Crippen molar-refractivity contribution in [2.24, 2.45) is 5.16 Å². The number of benzene rings is 1. The molecule has 7 heteroatoms. The van der Waals surface area contributed by atoms with Crippen molar-refractivity contribution < 1.29 is 4.84 Å². The molecule has 1 aromatic heterocycles. The maximum Gasteiger partial charge on any atom is 0.259 e. The molecule has 0 radical (unpaired) electrons. The van der Waals surface area contributed by atoms with Crippen LogP contribution in [0.5, 0.6) is 0 Å². The summed E-state index contributed by atoms with van der Waals surface area (Å²) in [6, 6.07) is 12.9. The monoisotopic (exact) mass is 380 g/mol. The maximum absolute atomic E-state index is 5.55. The Labute approximate surface area is 166 Å². The van der Waals surface area contributed by atoms with Crippen molar-refractivity contribution in [1.82, 2.24) is 19.8 Å². The van der Waals surface area contributed by atoms with Crippen LogP contribution in [0, 0.1) is 6.92 Å². The van der Waals surface area contributed by atoms with Crippen LogP contribution in [0.2, 0.25) is 0 Å². The average molecular weight is 380 g/mol. The Balaban J connectivity index is 1.35. The second kappa shape index (κ2) is 8.14. The summed E-state index contributed by atoms with van der Waals surface area (Å²) in [6.45, 7) is 5.91. The van der Waals surface area contributed by atoms with E-state index in [4.69, 9.17) is 9.82 Å². The molecule has 2 aliphatic heterocycles. The number of hydrogen-bond donors (Lipinski definition) is 1. The Kier molecular flexibility index (Phi) is 5.43. The first kappa shape index (κ1) is 18.7. The number of rotatable bonds is 5. The van der Waals surface area contributed by atoms with Gasteiger partial charge in [0, 0.05) is 38.3 Å². The van der Waals surface area contributed by atoms with E-state index >= 15 is 0 Å². The number of oxime groups is 1. The standard InChI is InChI=1S/C21H28N6O/c1-15-13-19(14-17-7-5-4-6-8-17)24-20(22-15)23-18-9-11-27(12-10-18)21-26(3)16(2)25-28-21/h4-8,13,18,21H,9-12,14H2,1-3H3,(H,22,23,24). The van der Waals surface area contributed by atoms with E-state index in [1.54, 1.807) is 0 Å². The molecule has 28 heavy (non-hydrogen) atoms. The zero-order chi connectivity index (χ0) is 19.5. The molecule has 0 amide bonds. The van der Waals surface area contributed by atoms with E-state index < -0.39 is 0 Å². The van der Waals surface area contributed by atoms with Gasteiger partial charge in [-0.15, -0.1) is 0 Å². The van der Waals surface area contributed by atoms with Crippen LogP contribution in [0.25, 0.3) is 0 Å². The molecule has 2 aliphatic rings. The van der Waals surface area contributed by atoms with Gasteiger partial charge in [-0.25, -0.2) is 14.9 Å². The van der Waals surface area contributed by atoms with Crippen molar-refractivity contribution in [1.29, 1.82) is 0 Å². The minimum Gasteiger partial charge on any atom is -0.352 e. The van der Waals surface area contributed by atoms with Crippen LogP contribution < -0.4 is 5.32 Å². The predicted molar refractivity (Wildman–Crippen MR) is 110 cm³/mol. The number of likely N-dealkylation sites (tertiary alicyclic amines) is 1.